The topological polar surface area (TPSA) is 166 Å². The molecular weight excluding hydrogens is 504 g/mol. The number of nitrogens with one attached hydrogen (secondary N) is 1. The number of carbonyl (C=O) groups excluding carboxylic acids is 2. The molecule has 6 heterocycles. The van der Waals surface area contributed by atoms with E-state index in [-0.39, 0.29) is 32.9 Å². The van der Waals surface area contributed by atoms with Crippen molar-refractivity contribution in [3.05, 3.63) is 53.9 Å². The summed E-state index contributed by atoms with van der Waals surface area (Å²) in [6.45, 7) is -17.0. The molecule has 15 heteroatoms. The summed E-state index contributed by atoms with van der Waals surface area (Å²) < 4.78 is 132. The van der Waals surface area contributed by atoms with Crippen LogP contribution in [-0.2, 0) is 4.79 Å². The number of anilines is 1. The lowest BCUT2D eigenvalue weighted by atomic mass is 10.1. The largest absolute Gasteiger partial charge is 0.494 e. The van der Waals surface area contributed by atoms with Gasteiger partial charge in [0.15, 0.2) is 11.6 Å². The highest BCUT2D eigenvalue weighted by Crippen LogP contribution is 2.32. The number of hydrogen-bond donors (Lipinski definition) is 1. The van der Waals surface area contributed by atoms with Crippen molar-refractivity contribution >= 4 is 28.5 Å². The number of piperazine rings is 1. The van der Waals surface area contributed by atoms with Gasteiger partial charge in [0.1, 0.15) is 19.2 Å². The Balaban J connectivity index is 1.47. The lowest BCUT2D eigenvalue weighted by molar-refractivity contribution is -0.126. The number of ketones is 1. The van der Waals surface area contributed by atoms with E-state index in [1.165, 1.54) is 6.92 Å². The number of aromatic amines is 1. The molecule has 0 atom stereocenters. The van der Waals surface area contributed by atoms with Crippen molar-refractivity contribution in [1.82, 2.24) is 54.8 Å². The third-order valence-corrected chi connectivity index (χ3v) is 5.25. The lowest BCUT2D eigenvalue weighted by Gasteiger charge is -2.34. The Bertz CT molecular complexity index is 2340. The predicted octanol–water partition coefficient (Wildman–Crippen LogP) is 0.671. The predicted molar refractivity (Wildman–Crippen MR) is 137 cm³/mol. The van der Waals surface area contributed by atoms with Crippen molar-refractivity contribution in [1.29, 1.82) is 0 Å². The van der Waals surface area contributed by atoms with Crippen molar-refractivity contribution < 1.29 is 34.9 Å². The fraction of sp³-hybridized carbons (Fsp3) is 0.292. The van der Waals surface area contributed by atoms with Crippen LogP contribution in [0.1, 0.15) is 42.3 Å². The summed E-state index contributed by atoms with van der Waals surface area (Å²) in [5, 5.41) is 13.9. The number of rotatable bonds is 6. The molecule has 5 aromatic heterocycles. The summed E-state index contributed by atoms with van der Waals surface area (Å²) in [5.41, 5.74) is -0.849. The van der Waals surface area contributed by atoms with Crippen molar-refractivity contribution in [2.45, 2.75) is 13.8 Å². The van der Waals surface area contributed by atoms with Crippen molar-refractivity contribution in [2.24, 2.45) is 0 Å². The van der Waals surface area contributed by atoms with E-state index in [2.05, 4.69) is 40.6 Å². The Morgan fingerprint density at radius 2 is 2.03 bits per heavy atom. The molecule has 0 unspecified atom stereocenters. The number of aromatic nitrogens is 10. The second-order valence-corrected chi connectivity index (χ2v) is 7.61. The molecule has 39 heavy (non-hydrogen) atoms. The Kier molecular flexibility index (Phi) is 3.09. The highest BCUT2D eigenvalue weighted by atomic mass is 16.5. The van der Waals surface area contributed by atoms with E-state index in [1.54, 1.807) is 0 Å². The Morgan fingerprint density at radius 1 is 1.18 bits per heavy atom. The lowest BCUT2D eigenvalue weighted by Crippen LogP contribution is -2.51. The number of nitrogens with zero attached hydrogens (tertiary/aromatic N) is 11. The zero-order valence-corrected chi connectivity index (χ0v) is 19.8. The maximum atomic E-state index is 14.0. The van der Waals surface area contributed by atoms with Gasteiger partial charge >= 0.3 is 0 Å². The maximum Gasteiger partial charge on any atom is 0.295 e. The van der Waals surface area contributed by atoms with Gasteiger partial charge in [-0.1, -0.05) is 11.1 Å². The van der Waals surface area contributed by atoms with E-state index in [0.717, 1.165) is 19.5 Å². The molecule has 0 aliphatic carbocycles. The molecule has 1 fully saturated rings. The number of hydrogen-bond acceptors (Lipinski definition) is 11. The fourth-order valence-electron chi connectivity index (χ4n) is 3.50. The second kappa shape index (κ2) is 9.59. The molecule has 1 amide bonds. The summed E-state index contributed by atoms with van der Waals surface area (Å²) in [7, 11) is 1.15. The minimum atomic E-state index is -3.94. The number of pyridine rings is 2. The zero-order chi connectivity index (χ0) is 40.2. The quantitative estimate of drug-likeness (QED) is 0.236. The average Bonchev–Trinajstić information content (AvgIpc) is 3.82. The number of methoxy groups -OCH3 is 1. The van der Waals surface area contributed by atoms with Crippen LogP contribution in [0.4, 0.5) is 5.95 Å². The van der Waals surface area contributed by atoms with Crippen LogP contribution in [0.5, 0.6) is 5.75 Å². The molecule has 0 spiro atoms. The normalized spacial score (nSPS) is 24.8. The molecule has 5 aromatic rings. The maximum absolute atomic E-state index is 14.0. The second-order valence-electron chi connectivity index (χ2n) is 7.61. The molecule has 0 bridgehead atoms. The number of amides is 1. The molecule has 0 saturated carbocycles. The molecule has 198 valence electrons. The molecule has 1 saturated heterocycles. The SMILES string of the molecule is [2H]c1nc(-n2nnnc2N2C([2H])([2H])C([2H])([2H])N(C(=O)C(=O)c3c[nH]c4c(-n5nc(C([2H])([2H])[2H])nc5[2H])ncc(OC)c34)C([2H])([2H])C2([2H])[2H])c([2H])c([2H])c1C. The van der Waals surface area contributed by atoms with Crippen LogP contribution < -0.4 is 9.64 Å². The number of aryl methyl sites for hydroxylation is 1. The van der Waals surface area contributed by atoms with Crippen LogP contribution in [0.3, 0.4) is 0 Å². The molecule has 0 radical (unpaired) electrons. The number of fused-ring (bicyclic) bond motifs is 1. The van der Waals surface area contributed by atoms with Gasteiger partial charge < -0.3 is 19.5 Å². The van der Waals surface area contributed by atoms with Crippen molar-refractivity contribution in [2.75, 3.05) is 38.0 Å². The molecule has 1 N–H and O–H groups in total. The minimum absolute atomic E-state index is 0.0315. The van der Waals surface area contributed by atoms with E-state index >= 15 is 0 Å². The Morgan fingerprint density at radius 3 is 2.79 bits per heavy atom. The summed E-state index contributed by atoms with van der Waals surface area (Å²) in [4.78, 5) is 41.5. The Labute approximate surface area is 242 Å². The first-order valence-electron chi connectivity index (χ1n) is 18.2. The summed E-state index contributed by atoms with van der Waals surface area (Å²) >= 11 is 0. The van der Waals surface area contributed by atoms with Crippen LogP contribution in [-0.4, -0.2) is 99.6 Å². The van der Waals surface area contributed by atoms with E-state index in [9.17, 15) is 9.59 Å². The number of carbonyl (C=O) groups is 2. The van der Waals surface area contributed by atoms with Gasteiger partial charge in [-0.2, -0.15) is 9.78 Å². The first-order chi connectivity index (χ1) is 24.8. The molecule has 1 aliphatic rings. The van der Waals surface area contributed by atoms with Gasteiger partial charge in [0.05, 0.1) is 44.9 Å². The number of tetrazole rings is 1. The summed E-state index contributed by atoms with van der Waals surface area (Å²) in [5.74, 6) is -6.75. The van der Waals surface area contributed by atoms with E-state index in [4.69, 9.17) is 25.3 Å². The van der Waals surface area contributed by atoms with Crippen LogP contribution in [0.15, 0.2) is 37.0 Å². The van der Waals surface area contributed by atoms with Gasteiger partial charge in [-0.25, -0.2) is 19.6 Å². The first kappa shape index (κ1) is 12.6. The molecule has 0 aromatic carbocycles. The highest BCUT2D eigenvalue weighted by Gasteiger charge is 2.31. The van der Waals surface area contributed by atoms with E-state index in [1.807, 2.05) is 0 Å². The highest BCUT2D eigenvalue weighted by molar-refractivity contribution is 6.45. The van der Waals surface area contributed by atoms with Gasteiger partial charge in [0.2, 0.25) is 0 Å². The summed E-state index contributed by atoms with van der Waals surface area (Å²) in [6.07, 6.45) is 0.694. The third kappa shape index (κ3) is 4.22. The standard InChI is InChI=1S/C24H24N12O3/c1-14-4-5-18(25-10-14)36-24(29-31-32-36)34-8-6-33(7-9-34)23(38)21(37)16-11-26-20-19(16)17(39-3)12-27-22(20)35-13-28-15(2)30-35/h4-5,10-13,26H,6-9H2,1-3H3/i2D3,4D,5D,6D2,7D2,8D2,9D2,10D,13D. The number of ether oxygens (including phenoxy) is 1. The average molecular weight is 544 g/mol. The van der Waals surface area contributed by atoms with Gasteiger partial charge in [-0.3, -0.25) is 9.59 Å². The summed E-state index contributed by atoms with van der Waals surface area (Å²) in [6, 6.07) is -1.22. The molecule has 1 aliphatic heterocycles. The number of H-pyrrole nitrogens is 1. The van der Waals surface area contributed by atoms with Crippen molar-refractivity contribution in [3.8, 4) is 17.4 Å². The van der Waals surface area contributed by atoms with Gasteiger partial charge in [0.25, 0.3) is 17.6 Å². The monoisotopic (exact) mass is 543 g/mol. The van der Waals surface area contributed by atoms with Gasteiger partial charge in [-0.05, 0) is 35.8 Å². The van der Waals surface area contributed by atoms with Crippen LogP contribution in [0.25, 0.3) is 22.5 Å². The number of Topliss-reactive ketones (excluding diaryl/α,β-unsaturated/α-hetero) is 1. The van der Waals surface area contributed by atoms with E-state index in [0.29, 0.717) is 9.36 Å². The van der Waals surface area contributed by atoms with E-state index < -0.39 is 97.1 Å². The van der Waals surface area contributed by atoms with Gasteiger partial charge in [0, 0.05) is 42.5 Å². The smallest absolute Gasteiger partial charge is 0.295 e. The van der Waals surface area contributed by atoms with Crippen LogP contribution in [0.2, 0.25) is 0 Å². The molecule has 6 rings (SSSR count). The van der Waals surface area contributed by atoms with Crippen LogP contribution in [0, 0.1) is 13.8 Å². The Hall–Kier alpha value is -5.21. The van der Waals surface area contributed by atoms with Crippen LogP contribution >= 0.6 is 0 Å². The molecular formula is C24H24N12O3. The third-order valence-electron chi connectivity index (χ3n) is 5.25. The zero-order valence-electron chi connectivity index (χ0n) is 34.8. The first-order valence-corrected chi connectivity index (χ1v) is 10.7. The van der Waals surface area contributed by atoms with Crippen molar-refractivity contribution in [3.63, 3.8) is 0 Å². The molecule has 15 nitrogen and oxygen atoms in total. The minimum Gasteiger partial charge on any atom is -0.494 e. The fourth-order valence-corrected chi connectivity index (χ4v) is 3.50. The van der Waals surface area contributed by atoms with Gasteiger partial charge in [-0.15, -0.1) is 0 Å².